The number of ether oxygens (including phenoxy) is 1. The van der Waals surface area contributed by atoms with Gasteiger partial charge in [0.25, 0.3) is 0 Å². The van der Waals surface area contributed by atoms with Gasteiger partial charge in [0.15, 0.2) is 0 Å². The standard InChI is InChI=1S/C11H19FO2S/c1-3-8-5-6-9(7-15-10(8)12)11(13)14-4-2/h8-10H,3-7H2,1-2H3/t8?,9?,10-/m0/s1. The van der Waals surface area contributed by atoms with Gasteiger partial charge < -0.3 is 4.74 Å². The smallest absolute Gasteiger partial charge is 0.309 e. The molecule has 0 bridgehead atoms. The van der Waals surface area contributed by atoms with Crippen molar-refractivity contribution in [2.75, 3.05) is 12.4 Å². The van der Waals surface area contributed by atoms with Crippen molar-refractivity contribution >= 4 is 17.7 Å². The van der Waals surface area contributed by atoms with Crippen molar-refractivity contribution < 1.29 is 13.9 Å². The van der Waals surface area contributed by atoms with Gasteiger partial charge in [0.1, 0.15) is 5.50 Å². The van der Waals surface area contributed by atoms with Gasteiger partial charge in [-0.1, -0.05) is 6.92 Å². The summed E-state index contributed by atoms with van der Waals surface area (Å²) in [5, 5.41) is 0. The number of thioether (sulfide) groups is 1. The summed E-state index contributed by atoms with van der Waals surface area (Å²) in [4.78, 5) is 11.5. The number of hydrogen-bond donors (Lipinski definition) is 0. The fraction of sp³-hybridized carbons (Fsp3) is 0.909. The predicted octanol–water partition coefficient (Wildman–Crippen LogP) is 3.01. The first kappa shape index (κ1) is 12.8. The molecule has 1 aliphatic rings. The third kappa shape index (κ3) is 3.67. The first-order chi connectivity index (χ1) is 7.19. The van der Waals surface area contributed by atoms with Crippen LogP contribution in [0.25, 0.3) is 0 Å². The lowest BCUT2D eigenvalue weighted by molar-refractivity contribution is -0.147. The largest absolute Gasteiger partial charge is 0.466 e. The molecule has 0 spiro atoms. The van der Waals surface area contributed by atoms with Gasteiger partial charge in [0.05, 0.1) is 12.5 Å². The van der Waals surface area contributed by atoms with Gasteiger partial charge in [0, 0.05) is 5.75 Å². The van der Waals surface area contributed by atoms with Crippen molar-refractivity contribution in [3.05, 3.63) is 0 Å². The minimum Gasteiger partial charge on any atom is -0.466 e. The van der Waals surface area contributed by atoms with E-state index in [4.69, 9.17) is 4.74 Å². The number of esters is 1. The molecule has 0 N–H and O–H groups in total. The van der Waals surface area contributed by atoms with Gasteiger partial charge in [-0.05, 0) is 32.1 Å². The highest BCUT2D eigenvalue weighted by Crippen LogP contribution is 2.35. The maximum Gasteiger partial charge on any atom is 0.309 e. The topological polar surface area (TPSA) is 26.3 Å². The van der Waals surface area contributed by atoms with Gasteiger partial charge in [-0.25, -0.2) is 4.39 Å². The van der Waals surface area contributed by atoms with Crippen LogP contribution in [-0.4, -0.2) is 23.8 Å². The lowest BCUT2D eigenvalue weighted by atomic mass is 9.96. The Morgan fingerprint density at radius 1 is 1.47 bits per heavy atom. The Bertz CT molecular complexity index is 211. The molecule has 3 atom stereocenters. The third-order valence-corrected chi connectivity index (χ3v) is 4.16. The number of rotatable bonds is 3. The summed E-state index contributed by atoms with van der Waals surface area (Å²) >= 11 is 1.27. The Balaban J connectivity index is 2.47. The number of carbonyl (C=O) groups is 1. The van der Waals surface area contributed by atoms with Crippen LogP contribution in [0.5, 0.6) is 0 Å². The molecule has 0 radical (unpaired) electrons. The summed E-state index contributed by atoms with van der Waals surface area (Å²) in [5.74, 6) is 0.407. The maximum atomic E-state index is 13.5. The fourth-order valence-electron chi connectivity index (χ4n) is 1.81. The molecule has 88 valence electrons. The molecule has 1 aliphatic heterocycles. The fourth-order valence-corrected chi connectivity index (χ4v) is 3.13. The monoisotopic (exact) mass is 234 g/mol. The van der Waals surface area contributed by atoms with Crippen LogP contribution in [0.15, 0.2) is 0 Å². The zero-order valence-corrected chi connectivity index (χ0v) is 10.2. The molecule has 4 heteroatoms. The summed E-state index contributed by atoms with van der Waals surface area (Å²) in [6, 6.07) is 0. The highest BCUT2D eigenvalue weighted by atomic mass is 32.2. The average Bonchev–Trinajstić information content (AvgIpc) is 2.40. The Kier molecular flexibility index (Phi) is 5.43. The van der Waals surface area contributed by atoms with Crippen molar-refractivity contribution in [2.45, 2.75) is 38.6 Å². The zero-order valence-electron chi connectivity index (χ0n) is 9.37. The first-order valence-electron chi connectivity index (χ1n) is 5.61. The van der Waals surface area contributed by atoms with E-state index < -0.39 is 5.50 Å². The average molecular weight is 234 g/mol. The lowest BCUT2D eigenvalue weighted by Gasteiger charge is -2.14. The number of hydrogen-bond acceptors (Lipinski definition) is 3. The molecule has 0 saturated carbocycles. The molecule has 0 amide bonds. The van der Waals surface area contributed by atoms with Crippen LogP contribution in [0, 0.1) is 11.8 Å². The van der Waals surface area contributed by atoms with Gasteiger partial charge in [-0.15, -0.1) is 11.8 Å². The van der Waals surface area contributed by atoms with Crippen molar-refractivity contribution in [2.24, 2.45) is 11.8 Å². The van der Waals surface area contributed by atoms with Crippen LogP contribution >= 0.6 is 11.8 Å². The summed E-state index contributed by atoms with van der Waals surface area (Å²) < 4.78 is 18.5. The summed E-state index contributed by atoms with van der Waals surface area (Å²) in [6.45, 7) is 4.22. The molecule has 1 rings (SSSR count). The molecular weight excluding hydrogens is 215 g/mol. The van der Waals surface area contributed by atoms with Crippen LogP contribution in [0.2, 0.25) is 0 Å². The van der Waals surface area contributed by atoms with Gasteiger partial charge in [0.2, 0.25) is 0 Å². The van der Waals surface area contributed by atoms with E-state index in [1.165, 1.54) is 11.8 Å². The van der Waals surface area contributed by atoms with E-state index in [1.54, 1.807) is 6.92 Å². The molecule has 0 aromatic heterocycles. The molecule has 15 heavy (non-hydrogen) atoms. The second kappa shape index (κ2) is 6.36. The minimum absolute atomic E-state index is 0.106. The van der Waals surface area contributed by atoms with Gasteiger partial charge in [-0.2, -0.15) is 0 Å². The molecule has 2 unspecified atom stereocenters. The van der Waals surface area contributed by atoms with E-state index in [0.29, 0.717) is 12.4 Å². The molecule has 1 saturated heterocycles. The Labute approximate surface area is 94.9 Å². The predicted molar refractivity (Wildman–Crippen MR) is 60.5 cm³/mol. The van der Waals surface area contributed by atoms with E-state index in [1.807, 2.05) is 6.92 Å². The van der Waals surface area contributed by atoms with Crippen LogP contribution in [0.1, 0.15) is 33.1 Å². The lowest BCUT2D eigenvalue weighted by Crippen LogP contribution is -2.19. The van der Waals surface area contributed by atoms with E-state index in [2.05, 4.69) is 0 Å². The quantitative estimate of drug-likeness (QED) is 0.702. The van der Waals surface area contributed by atoms with Crippen LogP contribution < -0.4 is 0 Å². The van der Waals surface area contributed by atoms with Crippen molar-refractivity contribution in [1.29, 1.82) is 0 Å². The minimum atomic E-state index is -0.811. The van der Waals surface area contributed by atoms with Crippen molar-refractivity contribution in [1.82, 2.24) is 0 Å². The summed E-state index contributed by atoms with van der Waals surface area (Å²) in [7, 11) is 0. The maximum absolute atomic E-state index is 13.5. The van der Waals surface area contributed by atoms with E-state index in [0.717, 1.165) is 19.3 Å². The van der Waals surface area contributed by atoms with Crippen LogP contribution in [-0.2, 0) is 9.53 Å². The van der Waals surface area contributed by atoms with E-state index >= 15 is 0 Å². The summed E-state index contributed by atoms with van der Waals surface area (Å²) in [6.07, 6.45) is 2.42. The number of carbonyl (C=O) groups excluding carboxylic acids is 1. The highest BCUT2D eigenvalue weighted by molar-refractivity contribution is 7.99. The van der Waals surface area contributed by atoms with Crippen LogP contribution in [0.3, 0.4) is 0 Å². The molecule has 0 aliphatic carbocycles. The molecule has 0 aromatic carbocycles. The molecule has 1 fully saturated rings. The van der Waals surface area contributed by atoms with Crippen molar-refractivity contribution in [3.63, 3.8) is 0 Å². The van der Waals surface area contributed by atoms with Gasteiger partial charge >= 0.3 is 5.97 Å². The second-order valence-electron chi connectivity index (χ2n) is 3.88. The normalized spacial score (nSPS) is 32.1. The van der Waals surface area contributed by atoms with E-state index in [-0.39, 0.29) is 17.8 Å². The van der Waals surface area contributed by atoms with Gasteiger partial charge in [-0.3, -0.25) is 4.79 Å². The van der Waals surface area contributed by atoms with Crippen molar-refractivity contribution in [3.8, 4) is 0 Å². The Morgan fingerprint density at radius 3 is 2.80 bits per heavy atom. The Hall–Kier alpha value is -0.250. The Morgan fingerprint density at radius 2 is 2.20 bits per heavy atom. The number of halogens is 1. The SMILES string of the molecule is CCOC(=O)C1CCC(CC)[C@@H](F)SC1. The number of alkyl halides is 1. The molecular formula is C11H19FO2S. The highest BCUT2D eigenvalue weighted by Gasteiger charge is 2.30. The third-order valence-electron chi connectivity index (χ3n) is 2.86. The summed E-state index contributed by atoms with van der Waals surface area (Å²) in [5.41, 5.74) is -0.811. The van der Waals surface area contributed by atoms with E-state index in [9.17, 15) is 9.18 Å². The second-order valence-corrected chi connectivity index (χ2v) is 5.00. The zero-order chi connectivity index (χ0) is 11.3. The molecule has 2 nitrogen and oxygen atoms in total. The molecule has 0 aromatic rings. The first-order valence-corrected chi connectivity index (χ1v) is 6.66. The molecule has 1 heterocycles. The van der Waals surface area contributed by atoms with Crippen LogP contribution in [0.4, 0.5) is 4.39 Å².